The number of hydrogen-bond donors (Lipinski definition) is 1. The van der Waals surface area contributed by atoms with Crippen LogP contribution in [0.5, 0.6) is 0 Å². The molecule has 0 heterocycles. The first-order chi connectivity index (χ1) is 4.70. The van der Waals surface area contributed by atoms with Crippen LogP contribution in [0.15, 0.2) is 4.99 Å². The Balaban J connectivity index is 0. The Morgan fingerprint density at radius 1 is 1.36 bits per heavy atom. The summed E-state index contributed by atoms with van der Waals surface area (Å²) in [6.45, 7) is 0. The van der Waals surface area contributed by atoms with Gasteiger partial charge >= 0.3 is 0 Å². The summed E-state index contributed by atoms with van der Waals surface area (Å²) >= 11 is 11.1. The Bertz CT molecular complexity index is 102. The van der Waals surface area contributed by atoms with Crippen molar-refractivity contribution < 1.29 is 0 Å². The Hall–Kier alpha value is 0.01000. The Kier molecular flexibility index (Phi) is 10.0. The fourth-order valence-electron chi connectivity index (χ4n) is 0.349. The first kappa shape index (κ1) is 13.6. The van der Waals surface area contributed by atoms with Crippen molar-refractivity contribution in [1.82, 2.24) is 11.1 Å². The van der Waals surface area contributed by atoms with Crippen molar-refractivity contribution in [3.8, 4) is 0 Å². The molecule has 0 aliphatic rings. The van der Waals surface area contributed by atoms with Gasteiger partial charge in [-0.15, -0.1) is 23.2 Å². The molecule has 0 aliphatic carbocycles. The quantitative estimate of drug-likeness (QED) is 0.425. The van der Waals surface area contributed by atoms with E-state index < -0.39 is 0 Å². The van der Waals surface area contributed by atoms with E-state index in [0.29, 0.717) is 11.8 Å². The second-order valence-electron chi connectivity index (χ2n) is 2.19. The summed E-state index contributed by atoms with van der Waals surface area (Å²) in [6.07, 6.45) is 1.72. The lowest BCUT2D eigenvalue weighted by molar-refractivity contribution is 0.633. The van der Waals surface area contributed by atoms with Crippen molar-refractivity contribution in [2.45, 2.75) is 6.04 Å². The van der Waals surface area contributed by atoms with E-state index in [0.717, 1.165) is 0 Å². The second-order valence-corrected chi connectivity index (χ2v) is 2.81. The van der Waals surface area contributed by atoms with E-state index in [1.54, 1.807) is 6.34 Å². The lowest BCUT2D eigenvalue weighted by atomic mass is 10.4. The zero-order valence-corrected chi connectivity index (χ0v) is 8.44. The van der Waals surface area contributed by atoms with Crippen LogP contribution in [0.2, 0.25) is 0 Å². The number of aliphatic imine (C=N–C) groups is 1. The topological polar surface area (TPSA) is 50.6 Å². The molecule has 0 bridgehead atoms. The first-order valence-corrected chi connectivity index (χ1v) is 4.09. The number of halogens is 2. The molecule has 0 fully saturated rings. The zero-order chi connectivity index (χ0) is 7.98. The van der Waals surface area contributed by atoms with E-state index in [9.17, 15) is 0 Å². The highest BCUT2D eigenvalue weighted by molar-refractivity contribution is 6.21. The Morgan fingerprint density at radius 3 is 2.09 bits per heavy atom. The molecular weight excluding hydrogens is 185 g/mol. The summed E-state index contributed by atoms with van der Waals surface area (Å²) in [5, 5.41) is 0. The maximum atomic E-state index is 5.53. The number of hydrogen-bond acceptors (Lipinski definition) is 2. The summed E-state index contributed by atoms with van der Waals surface area (Å²) in [5.74, 6) is 0.960. The van der Waals surface area contributed by atoms with Crippen molar-refractivity contribution >= 4 is 29.5 Å². The molecule has 0 aromatic carbocycles. The van der Waals surface area contributed by atoms with Crippen molar-refractivity contribution in [3.63, 3.8) is 0 Å². The van der Waals surface area contributed by atoms with E-state index in [4.69, 9.17) is 23.2 Å². The van der Waals surface area contributed by atoms with E-state index in [1.807, 2.05) is 19.0 Å². The SMILES string of the molecule is CN(C)/C=N/C(CCl)CCl.N. The molecule has 0 spiro atoms. The largest absolute Gasteiger partial charge is 0.369 e. The molecule has 0 rings (SSSR count). The minimum atomic E-state index is 0. The predicted octanol–water partition coefficient (Wildman–Crippen LogP) is 1.58. The molecule has 3 N–H and O–H groups in total. The Morgan fingerprint density at radius 2 is 1.82 bits per heavy atom. The van der Waals surface area contributed by atoms with E-state index in [1.165, 1.54) is 0 Å². The normalized spacial score (nSPS) is 10.3. The van der Waals surface area contributed by atoms with Crippen molar-refractivity contribution in [2.24, 2.45) is 4.99 Å². The van der Waals surface area contributed by atoms with Gasteiger partial charge in [0.25, 0.3) is 0 Å². The Labute approximate surface area is 78.0 Å². The van der Waals surface area contributed by atoms with Crippen LogP contribution in [-0.4, -0.2) is 43.1 Å². The minimum Gasteiger partial charge on any atom is -0.369 e. The van der Waals surface area contributed by atoms with Crippen LogP contribution in [0.1, 0.15) is 0 Å². The third-order valence-corrected chi connectivity index (χ3v) is 1.58. The van der Waals surface area contributed by atoms with Crippen LogP contribution in [0.3, 0.4) is 0 Å². The van der Waals surface area contributed by atoms with Gasteiger partial charge in [-0.3, -0.25) is 4.99 Å². The van der Waals surface area contributed by atoms with Gasteiger partial charge in [-0.05, 0) is 0 Å². The van der Waals surface area contributed by atoms with Gasteiger partial charge in [-0.25, -0.2) is 0 Å². The average molecular weight is 200 g/mol. The molecule has 0 aromatic heterocycles. The van der Waals surface area contributed by atoms with Crippen LogP contribution in [0.25, 0.3) is 0 Å². The maximum absolute atomic E-state index is 5.53. The molecule has 0 unspecified atom stereocenters. The maximum Gasteiger partial charge on any atom is 0.0849 e. The molecule has 0 aromatic rings. The van der Waals surface area contributed by atoms with Crippen molar-refractivity contribution in [1.29, 1.82) is 0 Å². The number of rotatable bonds is 4. The molecule has 68 valence electrons. The number of nitrogens with zero attached hydrogens (tertiary/aromatic N) is 2. The van der Waals surface area contributed by atoms with Gasteiger partial charge in [0, 0.05) is 25.9 Å². The molecule has 0 amide bonds. The molecule has 0 radical (unpaired) electrons. The van der Waals surface area contributed by atoms with Crippen molar-refractivity contribution in [3.05, 3.63) is 0 Å². The summed E-state index contributed by atoms with van der Waals surface area (Å²) in [4.78, 5) is 5.95. The van der Waals surface area contributed by atoms with Crippen LogP contribution in [0, 0.1) is 0 Å². The summed E-state index contributed by atoms with van der Waals surface area (Å²) in [6, 6.07) is 0.0470. The summed E-state index contributed by atoms with van der Waals surface area (Å²) in [7, 11) is 3.81. The third kappa shape index (κ3) is 7.91. The van der Waals surface area contributed by atoms with Gasteiger partial charge in [0.15, 0.2) is 0 Å². The minimum absolute atomic E-state index is 0. The van der Waals surface area contributed by atoms with Gasteiger partial charge in [-0.1, -0.05) is 0 Å². The van der Waals surface area contributed by atoms with Gasteiger partial charge in [0.2, 0.25) is 0 Å². The van der Waals surface area contributed by atoms with Gasteiger partial charge < -0.3 is 11.1 Å². The lowest BCUT2D eigenvalue weighted by Gasteiger charge is -2.06. The molecule has 0 aliphatic heterocycles. The second kappa shape index (κ2) is 8.11. The van der Waals surface area contributed by atoms with Crippen molar-refractivity contribution in [2.75, 3.05) is 25.9 Å². The molecule has 0 saturated carbocycles. The zero-order valence-electron chi connectivity index (χ0n) is 6.93. The fourth-order valence-corrected chi connectivity index (χ4v) is 0.838. The van der Waals surface area contributed by atoms with Gasteiger partial charge in [0.1, 0.15) is 0 Å². The molecule has 3 nitrogen and oxygen atoms in total. The van der Waals surface area contributed by atoms with Crippen LogP contribution in [0.4, 0.5) is 0 Å². The monoisotopic (exact) mass is 199 g/mol. The summed E-state index contributed by atoms with van der Waals surface area (Å²) < 4.78 is 0. The van der Waals surface area contributed by atoms with Crippen LogP contribution in [-0.2, 0) is 0 Å². The molecular formula is C6H15Cl2N3. The average Bonchev–Trinajstić information content (AvgIpc) is 1.90. The predicted molar refractivity (Wildman–Crippen MR) is 52.4 cm³/mol. The summed E-state index contributed by atoms with van der Waals surface area (Å²) in [5.41, 5.74) is 0. The van der Waals surface area contributed by atoms with E-state index >= 15 is 0 Å². The molecule has 0 atom stereocenters. The fraction of sp³-hybridized carbons (Fsp3) is 0.833. The van der Waals surface area contributed by atoms with Gasteiger partial charge in [-0.2, -0.15) is 0 Å². The molecule has 5 heteroatoms. The molecule has 11 heavy (non-hydrogen) atoms. The van der Waals surface area contributed by atoms with E-state index in [-0.39, 0.29) is 12.2 Å². The van der Waals surface area contributed by atoms with Crippen LogP contribution >= 0.6 is 23.2 Å². The highest BCUT2D eigenvalue weighted by Gasteiger charge is 1.99. The number of alkyl halides is 2. The third-order valence-electron chi connectivity index (χ3n) is 0.865. The van der Waals surface area contributed by atoms with Crippen LogP contribution < -0.4 is 6.15 Å². The standard InChI is InChI=1S/C6H12Cl2N2.H3N/c1-10(2)5-9-6(3-7)4-8;/h5-6H,3-4H2,1-2H3;1H3/b9-5+;. The lowest BCUT2D eigenvalue weighted by Crippen LogP contribution is -2.14. The first-order valence-electron chi connectivity index (χ1n) is 3.02. The van der Waals surface area contributed by atoms with E-state index in [2.05, 4.69) is 4.99 Å². The molecule has 0 saturated heterocycles. The smallest absolute Gasteiger partial charge is 0.0849 e. The highest BCUT2D eigenvalue weighted by Crippen LogP contribution is 1.96. The highest BCUT2D eigenvalue weighted by atomic mass is 35.5. The van der Waals surface area contributed by atoms with Gasteiger partial charge in [0.05, 0.1) is 12.4 Å².